The molecule has 0 fully saturated rings. The van der Waals surface area contributed by atoms with Crippen molar-refractivity contribution in [1.82, 2.24) is 4.31 Å². The zero-order valence-corrected chi connectivity index (χ0v) is 13.6. The van der Waals surface area contributed by atoms with Crippen LogP contribution >= 0.6 is 22.6 Å². The highest BCUT2D eigenvalue weighted by molar-refractivity contribution is 14.1. The van der Waals surface area contributed by atoms with E-state index in [0.29, 0.717) is 5.56 Å². The van der Waals surface area contributed by atoms with Gasteiger partial charge >= 0.3 is 0 Å². The molecule has 0 saturated heterocycles. The van der Waals surface area contributed by atoms with Gasteiger partial charge in [0.25, 0.3) is 15.9 Å². The molecule has 7 heteroatoms. The summed E-state index contributed by atoms with van der Waals surface area (Å²) in [6, 6.07) is 10.1. The molecule has 21 heavy (non-hydrogen) atoms. The monoisotopic (exact) mass is 417 g/mol. The summed E-state index contributed by atoms with van der Waals surface area (Å²) in [7, 11) is -3.87. The third kappa shape index (κ3) is 2.44. The molecule has 0 radical (unpaired) electrons. The van der Waals surface area contributed by atoms with Crippen molar-refractivity contribution in [3.63, 3.8) is 0 Å². The van der Waals surface area contributed by atoms with Crippen LogP contribution in [0.3, 0.4) is 0 Å². The number of carbonyl (C=O) groups is 1. The fourth-order valence-electron chi connectivity index (χ4n) is 2.21. The first kappa shape index (κ1) is 14.5. The third-order valence-corrected chi connectivity index (χ3v) is 5.64. The second kappa shape index (κ2) is 5.06. The molecule has 1 amide bonds. The van der Waals surface area contributed by atoms with Crippen molar-refractivity contribution in [3.05, 3.63) is 63.0 Å². The highest BCUT2D eigenvalue weighted by Crippen LogP contribution is 2.32. The van der Waals surface area contributed by atoms with Gasteiger partial charge in [0.15, 0.2) is 0 Å². The van der Waals surface area contributed by atoms with Crippen molar-refractivity contribution < 1.29 is 17.6 Å². The Bertz CT molecular complexity index is 851. The Hall–Kier alpha value is -1.48. The van der Waals surface area contributed by atoms with E-state index in [2.05, 4.69) is 0 Å². The van der Waals surface area contributed by atoms with Crippen LogP contribution in [0.2, 0.25) is 0 Å². The van der Waals surface area contributed by atoms with Gasteiger partial charge in [-0.1, -0.05) is 12.1 Å². The number of hydrogen-bond donors (Lipinski definition) is 0. The van der Waals surface area contributed by atoms with Crippen LogP contribution in [0.5, 0.6) is 0 Å². The van der Waals surface area contributed by atoms with Gasteiger partial charge in [-0.15, -0.1) is 0 Å². The molecular weight excluding hydrogens is 408 g/mol. The molecule has 1 heterocycles. The topological polar surface area (TPSA) is 54.5 Å². The first-order valence-corrected chi connectivity index (χ1v) is 8.52. The zero-order valence-electron chi connectivity index (χ0n) is 10.6. The minimum absolute atomic E-state index is 0.00400. The first-order chi connectivity index (χ1) is 9.89. The number of fused-ring (bicyclic) bond motifs is 1. The summed E-state index contributed by atoms with van der Waals surface area (Å²) in [5, 5.41) is 0. The van der Waals surface area contributed by atoms with Crippen LogP contribution in [0.25, 0.3) is 0 Å². The molecule has 0 bridgehead atoms. The van der Waals surface area contributed by atoms with Crippen molar-refractivity contribution in [2.24, 2.45) is 0 Å². The van der Waals surface area contributed by atoms with E-state index in [-0.39, 0.29) is 17.0 Å². The minimum Gasteiger partial charge on any atom is -0.268 e. The molecule has 0 unspecified atom stereocenters. The Morgan fingerprint density at radius 2 is 1.90 bits per heavy atom. The first-order valence-electron chi connectivity index (χ1n) is 6.00. The van der Waals surface area contributed by atoms with Gasteiger partial charge in [-0.2, -0.15) is 0 Å². The van der Waals surface area contributed by atoms with Gasteiger partial charge < -0.3 is 0 Å². The van der Waals surface area contributed by atoms with E-state index in [1.54, 1.807) is 18.2 Å². The molecule has 0 saturated carbocycles. The maximum atomic E-state index is 13.2. The highest BCUT2D eigenvalue weighted by atomic mass is 127. The van der Waals surface area contributed by atoms with Gasteiger partial charge in [-0.05, 0) is 58.5 Å². The van der Waals surface area contributed by atoms with Crippen LogP contribution in [0.4, 0.5) is 4.39 Å². The van der Waals surface area contributed by atoms with E-state index in [9.17, 15) is 17.6 Å². The van der Waals surface area contributed by atoms with Gasteiger partial charge in [0.1, 0.15) is 10.7 Å². The van der Waals surface area contributed by atoms with Gasteiger partial charge in [0.2, 0.25) is 0 Å². The van der Waals surface area contributed by atoms with Crippen molar-refractivity contribution in [3.8, 4) is 0 Å². The molecule has 0 atom stereocenters. The normalized spacial score (nSPS) is 16.1. The lowest BCUT2D eigenvalue weighted by Gasteiger charge is -2.15. The van der Waals surface area contributed by atoms with Crippen LogP contribution in [-0.4, -0.2) is 18.6 Å². The smallest absolute Gasteiger partial charge is 0.268 e. The Labute approximate surface area is 134 Å². The third-order valence-electron chi connectivity index (χ3n) is 3.18. The number of rotatable bonds is 2. The lowest BCUT2D eigenvalue weighted by atomic mass is 10.2. The fourth-order valence-corrected chi connectivity index (χ4v) is 4.24. The van der Waals surface area contributed by atoms with Crippen LogP contribution in [-0.2, 0) is 16.6 Å². The zero-order chi connectivity index (χ0) is 15.2. The predicted molar refractivity (Wildman–Crippen MR) is 82.6 cm³/mol. The van der Waals surface area contributed by atoms with E-state index in [1.807, 2.05) is 22.6 Å². The van der Waals surface area contributed by atoms with Gasteiger partial charge in [0, 0.05) is 3.57 Å². The molecule has 0 aromatic heterocycles. The van der Waals surface area contributed by atoms with Crippen LogP contribution in [0.15, 0.2) is 47.4 Å². The molecule has 1 aliphatic heterocycles. The summed E-state index contributed by atoms with van der Waals surface area (Å²) in [6.45, 7) is -0.176. The standard InChI is InChI=1S/C14H9FINO3S/c15-10-3-1-2-9(6-10)8-17-14(18)12-7-11(16)4-5-13(12)21(17,19)20/h1-7H,8H2. The maximum absolute atomic E-state index is 13.2. The molecule has 2 aromatic rings. The van der Waals surface area contributed by atoms with Crippen LogP contribution in [0.1, 0.15) is 15.9 Å². The van der Waals surface area contributed by atoms with Gasteiger partial charge in [0.05, 0.1) is 12.1 Å². The average molecular weight is 417 g/mol. The SMILES string of the molecule is O=C1c2cc(I)ccc2S(=O)(=O)N1Cc1cccc(F)c1. The summed E-state index contributed by atoms with van der Waals surface area (Å²) in [4.78, 5) is 12.3. The second-order valence-electron chi connectivity index (χ2n) is 4.59. The quantitative estimate of drug-likeness (QED) is 0.707. The predicted octanol–water partition coefficient (Wildman–Crippen LogP) is 2.78. The van der Waals surface area contributed by atoms with E-state index < -0.39 is 21.7 Å². The van der Waals surface area contributed by atoms with Crippen molar-refractivity contribution >= 4 is 38.5 Å². The van der Waals surface area contributed by atoms with Gasteiger partial charge in [-0.25, -0.2) is 17.1 Å². The number of carbonyl (C=O) groups excluding carboxylic acids is 1. The summed E-state index contributed by atoms with van der Waals surface area (Å²) in [6.07, 6.45) is 0. The number of amides is 1. The Morgan fingerprint density at radius 3 is 2.62 bits per heavy atom. The molecule has 3 rings (SSSR count). The largest absolute Gasteiger partial charge is 0.269 e. The van der Waals surface area contributed by atoms with Crippen molar-refractivity contribution in [2.45, 2.75) is 11.4 Å². The van der Waals surface area contributed by atoms with E-state index in [4.69, 9.17) is 0 Å². The average Bonchev–Trinajstić information content (AvgIpc) is 2.60. The highest BCUT2D eigenvalue weighted by Gasteiger charge is 2.41. The lowest BCUT2D eigenvalue weighted by Crippen LogP contribution is -2.29. The van der Waals surface area contributed by atoms with E-state index in [0.717, 1.165) is 7.88 Å². The van der Waals surface area contributed by atoms with Crippen LogP contribution < -0.4 is 0 Å². The molecule has 0 aliphatic carbocycles. The number of halogens is 2. The Balaban J connectivity index is 2.04. The number of hydrogen-bond acceptors (Lipinski definition) is 3. The second-order valence-corrected chi connectivity index (χ2v) is 7.66. The number of benzene rings is 2. The number of nitrogens with zero attached hydrogens (tertiary/aromatic N) is 1. The van der Waals surface area contributed by atoms with E-state index >= 15 is 0 Å². The maximum Gasteiger partial charge on any atom is 0.269 e. The minimum atomic E-state index is -3.87. The van der Waals surface area contributed by atoms with Crippen LogP contribution in [0, 0.1) is 9.39 Å². The molecule has 2 aromatic carbocycles. The molecule has 0 N–H and O–H groups in total. The Kier molecular flexibility index (Phi) is 3.48. The summed E-state index contributed by atoms with van der Waals surface area (Å²) >= 11 is 2.01. The van der Waals surface area contributed by atoms with Crippen molar-refractivity contribution in [2.75, 3.05) is 0 Å². The van der Waals surface area contributed by atoms with E-state index in [1.165, 1.54) is 24.3 Å². The van der Waals surface area contributed by atoms with Gasteiger partial charge in [-0.3, -0.25) is 4.79 Å². The number of sulfonamides is 1. The fraction of sp³-hybridized carbons (Fsp3) is 0.0714. The molecule has 0 spiro atoms. The lowest BCUT2D eigenvalue weighted by molar-refractivity contribution is 0.0864. The molecule has 4 nitrogen and oxygen atoms in total. The summed E-state index contributed by atoms with van der Waals surface area (Å²) in [5.41, 5.74) is 0.590. The summed E-state index contributed by atoms with van der Waals surface area (Å²) < 4.78 is 39.6. The summed E-state index contributed by atoms with van der Waals surface area (Å²) in [5.74, 6) is -1.05. The Morgan fingerprint density at radius 1 is 1.14 bits per heavy atom. The van der Waals surface area contributed by atoms with Crippen molar-refractivity contribution in [1.29, 1.82) is 0 Å². The molecular formula is C14H9FINO3S. The molecule has 1 aliphatic rings. The molecule has 108 valence electrons.